The van der Waals surface area contributed by atoms with E-state index < -0.39 is 49.2 Å². The summed E-state index contributed by atoms with van der Waals surface area (Å²) in [6, 6.07) is 0. The highest BCUT2D eigenvalue weighted by Crippen LogP contribution is 2.49. The summed E-state index contributed by atoms with van der Waals surface area (Å²) in [5.41, 5.74) is 3.49. The van der Waals surface area contributed by atoms with Crippen LogP contribution in [-0.2, 0) is 34.7 Å². The van der Waals surface area contributed by atoms with Crippen molar-refractivity contribution in [3.8, 4) is 0 Å². The molecule has 0 bridgehead atoms. The van der Waals surface area contributed by atoms with Gasteiger partial charge in [0.15, 0.2) is 17.1 Å². The van der Waals surface area contributed by atoms with Crippen LogP contribution in [0.3, 0.4) is 0 Å². The highest BCUT2D eigenvalue weighted by Gasteiger charge is 2.44. The summed E-state index contributed by atoms with van der Waals surface area (Å²) in [5.74, 6) is -1.76. The number of esters is 1. The van der Waals surface area contributed by atoms with E-state index in [1.54, 1.807) is 25.3 Å². The third-order valence-electron chi connectivity index (χ3n) is 4.61. The van der Waals surface area contributed by atoms with Crippen LogP contribution in [0.5, 0.6) is 0 Å². The number of nitrogen functional groups attached to an aromatic ring is 1. The SMILES string of the molecule is CC(C)OC(=O)C(C)(C)OP(=O)(COC(C)Cn1cnc2c(N)ncnc21)NC(C)(C)C(=O)O. The van der Waals surface area contributed by atoms with Gasteiger partial charge in [-0.3, -0.25) is 13.9 Å². The zero-order chi connectivity index (χ0) is 25.9. The molecule has 4 N–H and O–H groups in total. The van der Waals surface area contributed by atoms with E-state index in [1.807, 2.05) is 0 Å². The summed E-state index contributed by atoms with van der Waals surface area (Å²) < 4.78 is 32.0. The number of carbonyl (C=O) groups is 2. The first-order chi connectivity index (χ1) is 15.6. The maximum absolute atomic E-state index is 13.7. The van der Waals surface area contributed by atoms with Gasteiger partial charge in [0.1, 0.15) is 23.7 Å². The number of carboxylic acids is 1. The third-order valence-corrected chi connectivity index (χ3v) is 6.75. The summed E-state index contributed by atoms with van der Waals surface area (Å²) in [4.78, 5) is 36.4. The van der Waals surface area contributed by atoms with E-state index in [9.17, 15) is 19.3 Å². The number of nitrogens with zero attached hydrogens (tertiary/aromatic N) is 4. The molecule has 34 heavy (non-hydrogen) atoms. The second-order valence-electron chi connectivity index (χ2n) is 9.21. The molecule has 2 aromatic heterocycles. The van der Waals surface area contributed by atoms with Crippen molar-refractivity contribution in [2.24, 2.45) is 0 Å². The van der Waals surface area contributed by atoms with Gasteiger partial charge < -0.3 is 24.9 Å². The number of hydrogen-bond acceptors (Lipinski definition) is 10. The molecular formula is C20H33N6O7P. The number of carbonyl (C=O) groups excluding carboxylic acids is 1. The second-order valence-corrected chi connectivity index (χ2v) is 11.2. The molecule has 13 nitrogen and oxygen atoms in total. The van der Waals surface area contributed by atoms with Gasteiger partial charge in [0.05, 0.1) is 25.1 Å². The number of fused-ring (bicyclic) bond motifs is 1. The molecule has 0 fully saturated rings. The maximum Gasteiger partial charge on any atom is 0.338 e. The molecule has 0 saturated heterocycles. The Morgan fingerprint density at radius 3 is 2.44 bits per heavy atom. The van der Waals surface area contributed by atoms with Gasteiger partial charge in [0.25, 0.3) is 7.52 Å². The van der Waals surface area contributed by atoms with E-state index >= 15 is 0 Å². The van der Waals surface area contributed by atoms with Crippen LogP contribution in [0.15, 0.2) is 12.7 Å². The molecular weight excluding hydrogens is 467 g/mol. The topological polar surface area (TPSA) is 181 Å². The van der Waals surface area contributed by atoms with Gasteiger partial charge in [-0.05, 0) is 48.5 Å². The summed E-state index contributed by atoms with van der Waals surface area (Å²) in [5, 5.41) is 12.0. The van der Waals surface area contributed by atoms with E-state index in [4.69, 9.17) is 19.7 Å². The highest BCUT2D eigenvalue weighted by molar-refractivity contribution is 7.56. The largest absolute Gasteiger partial charge is 0.480 e. The Hall–Kier alpha value is -2.60. The number of nitrogens with two attached hydrogens (primary N) is 1. The fourth-order valence-electron chi connectivity index (χ4n) is 2.90. The average molecular weight is 500 g/mol. The molecule has 0 aliphatic rings. The van der Waals surface area contributed by atoms with Crippen LogP contribution >= 0.6 is 7.52 Å². The van der Waals surface area contributed by atoms with Crippen molar-refractivity contribution in [3.05, 3.63) is 12.7 Å². The summed E-state index contributed by atoms with van der Waals surface area (Å²) >= 11 is 0. The van der Waals surface area contributed by atoms with Gasteiger partial charge in [0.2, 0.25) is 0 Å². The lowest BCUT2D eigenvalue weighted by molar-refractivity contribution is -0.163. The minimum atomic E-state index is -4.04. The van der Waals surface area contributed by atoms with Crippen LogP contribution in [0.1, 0.15) is 48.5 Å². The Kier molecular flexibility index (Phi) is 8.41. The van der Waals surface area contributed by atoms with Crippen molar-refractivity contribution < 1.29 is 33.3 Å². The van der Waals surface area contributed by atoms with Gasteiger partial charge in [-0.15, -0.1) is 0 Å². The first-order valence-electron chi connectivity index (χ1n) is 10.6. The van der Waals surface area contributed by atoms with Crippen molar-refractivity contribution in [2.75, 3.05) is 12.1 Å². The fraction of sp³-hybridized carbons (Fsp3) is 0.650. The minimum Gasteiger partial charge on any atom is -0.480 e. The third kappa shape index (κ3) is 6.95. The summed E-state index contributed by atoms with van der Waals surface area (Å²) in [6.07, 6.45) is 1.40. The number of imidazole rings is 1. The molecule has 0 aliphatic carbocycles. The molecule has 2 unspecified atom stereocenters. The van der Waals surface area contributed by atoms with Crippen LogP contribution in [0.4, 0.5) is 5.82 Å². The molecule has 2 atom stereocenters. The molecule has 0 radical (unpaired) electrons. The quantitative estimate of drug-likeness (QED) is 0.286. The maximum atomic E-state index is 13.7. The highest BCUT2D eigenvalue weighted by atomic mass is 31.2. The van der Waals surface area contributed by atoms with Crippen molar-refractivity contribution >= 4 is 36.4 Å². The first-order valence-corrected chi connectivity index (χ1v) is 12.4. The number of rotatable bonds is 12. The van der Waals surface area contributed by atoms with Gasteiger partial charge in [-0.2, -0.15) is 0 Å². The number of nitrogens with one attached hydrogen (secondary N) is 1. The zero-order valence-electron chi connectivity index (χ0n) is 20.4. The Morgan fingerprint density at radius 1 is 1.21 bits per heavy atom. The molecule has 2 heterocycles. The summed E-state index contributed by atoms with van der Waals surface area (Å²) in [6.45, 7) is 10.8. The van der Waals surface area contributed by atoms with Crippen LogP contribution in [0.25, 0.3) is 11.2 Å². The normalized spacial score (nSPS) is 15.3. The number of aliphatic carboxylic acids is 1. The van der Waals surface area contributed by atoms with Crippen molar-refractivity contribution in [3.63, 3.8) is 0 Å². The van der Waals surface area contributed by atoms with Gasteiger partial charge in [0, 0.05) is 0 Å². The molecule has 0 saturated carbocycles. The average Bonchev–Trinajstić information content (AvgIpc) is 3.09. The Labute approximate surface area is 197 Å². The lowest BCUT2D eigenvalue weighted by Gasteiger charge is -2.34. The smallest absolute Gasteiger partial charge is 0.338 e. The predicted octanol–water partition coefficient (Wildman–Crippen LogP) is 2.16. The number of ether oxygens (including phenoxy) is 2. The molecule has 0 amide bonds. The fourth-order valence-corrected chi connectivity index (χ4v) is 5.28. The van der Waals surface area contributed by atoms with Gasteiger partial charge in [-0.25, -0.2) is 24.8 Å². The van der Waals surface area contributed by atoms with E-state index in [2.05, 4.69) is 20.0 Å². The number of carboxylic acid groups (broad SMARTS) is 1. The molecule has 190 valence electrons. The summed E-state index contributed by atoms with van der Waals surface area (Å²) in [7, 11) is -4.04. The first kappa shape index (κ1) is 27.6. The monoisotopic (exact) mass is 500 g/mol. The van der Waals surface area contributed by atoms with E-state index in [0.717, 1.165) is 0 Å². The van der Waals surface area contributed by atoms with Gasteiger partial charge >= 0.3 is 11.9 Å². The van der Waals surface area contributed by atoms with E-state index in [0.29, 0.717) is 11.2 Å². The molecule has 0 aliphatic heterocycles. The number of hydrogen-bond donors (Lipinski definition) is 3. The van der Waals surface area contributed by atoms with E-state index in [-0.39, 0.29) is 12.4 Å². The van der Waals surface area contributed by atoms with Gasteiger partial charge in [-0.1, -0.05) is 0 Å². The van der Waals surface area contributed by atoms with Crippen LogP contribution in [0.2, 0.25) is 0 Å². The Morgan fingerprint density at radius 2 is 1.85 bits per heavy atom. The zero-order valence-corrected chi connectivity index (χ0v) is 21.3. The van der Waals surface area contributed by atoms with Crippen LogP contribution < -0.4 is 10.8 Å². The molecule has 2 aromatic rings. The Balaban J connectivity index is 2.20. The van der Waals surface area contributed by atoms with E-state index in [1.165, 1.54) is 40.3 Å². The van der Waals surface area contributed by atoms with Crippen LogP contribution in [-0.4, -0.2) is 66.3 Å². The number of anilines is 1. The lowest BCUT2D eigenvalue weighted by atomic mass is 10.1. The molecule has 0 aromatic carbocycles. The van der Waals surface area contributed by atoms with Crippen molar-refractivity contribution in [1.29, 1.82) is 0 Å². The Bertz CT molecular complexity index is 1080. The molecule has 2 rings (SSSR count). The standard InChI is InChI=1S/C20H33N6O7P/c1-12(2)32-18(29)20(6,7)33-34(30,25-19(4,5)17(27)28)11-31-13(3)8-26-10-24-14-15(21)22-9-23-16(14)26/h9-10,12-13H,8,11H2,1-7H3,(H,25,30)(H,27,28)(H2,21,22,23). The number of aromatic nitrogens is 4. The lowest BCUT2D eigenvalue weighted by Crippen LogP contribution is -2.48. The second kappa shape index (κ2) is 10.3. The molecule has 14 heteroatoms. The van der Waals surface area contributed by atoms with Crippen molar-refractivity contribution in [2.45, 2.75) is 78.4 Å². The predicted molar refractivity (Wildman–Crippen MR) is 124 cm³/mol. The van der Waals surface area contributed by atoms with Crippen molar-refractivity contribution in [1.82, 2.24) is 24.6 Å². The minimum absolute atomic E-state index is 0.242. The molecule has 0 spiro atoms. The van der Waals surface area contributed by atoms with Crippen LogP contribution in [0, 0.1) is 0 Å².